The Balaban J connectivity index is 1.70. The van der Waals surface area contributed by atoms with Crippen LogP contribution in [0.2, 0.25) is 0 Å². The largest absolute Gasteiger partial charge is 0.370 e. The van der Waals surface area contributed by atoms with Crippen LogP contribution in [0.25, 0.3) is 0 Å². The van der Waals surface area contributed by atoms with E-state index >= 15 is 0 Å². The van der Waals surface area contributed by atoms with Gasteiger partial charge >= 0.3 is 0 Å². The predicted molar refractivity (Wildman–Crippen MR) is 89.9 cm³/mol. The van der Waals surface area contributed by atoms with Crippen LogP contribution in [0.5, 0.6) is 0 Å². The van der Waals surface area contributed by atoms with Gasteiger partial charge in [-0.05, 0) is 44.0 Å². The van der Waals surface area contributed by atoms with Crippen molar-refractivity contribution in [2.24, 2.45) is 0 Å². The van der Waals surface area contributed by atoms with Gasteiger partial charge in [0.2, 0.25) is 0 Å². The number of anilines is 1. The average Bonchev–Trinajstić information content (AvgIpc) is 2.75. The van der Waals surface area contributed by atoms with Crippen molar-refractivity contribution in [1.29, 1.82) is 0 Å². The lowest BCUT2D eigenvalue weighted by atomic mass is 10.1. The molecule has 1 aliphatic rings. The fraction of sp³-hybridized carbons (Fsp3) is 0.368. The van der Waals surface area contributed by atoms with Crippen molar-refractivity contribution in [2.75, 3.05) is 24.5 Å². The summed E-state index contributed by atoms with van der Waals surface area (Å²) in [7, 11) is 0. The van der Waals surface area contributed by atoms with Crippen molar-refractivity contribution >= 4 is 5.69 Å². The summed E-state index contributed by atoms with van der Waals surface area (Å²) in [6.45, 7) is 5.48. The van der Waals surface area contributed by atoms with Gasteiger partial charge in [0.15, 0.2) is 0 Å². The summed E-state index contributed by atoms with van der Waals surface area (Å²) < 4.78 is 0. The summed E-state index contributed by atoms with van der Waals surface area (Å²) in [5.74, 6) is 0. The Hall–Kier alpha value is -1.80. The minimum Gasteiger partial charge on any atom is -0.370 e. The fourth-order valence-corrected chi connectivity index (χ4v) is 3.02. The van der Waals surface area contributed by atoms with E-state index in [0.717, 1.165) is 26.1 Å². The van der Waals surface area contributed by atoms with Crippen LogP contribution in [-0.4, -0.2) is 25.7 Å². The van der Waals surface area contributed by atoms with E-state index in [1.165, 1.54) is 23.2 Å². The highest BCUT2D eigenvalue weighted by Crippen LogP contribution is 2.18. The van der Waals surface area contributed by atoms with Gasteiger partial charge in [0.05, 0.1) is 0 Å². The van der Waals surface area contributed by atoms with Gasteiger partial charge in [-0.15, -0.1) is 0 Å². The van der Waals surface area contributed by atoms with Gasteiger partial charge in [0.25, 0.3) is 0 Å². The Labute approximate surface area is 127 Å². The number of hydrogen-bond donors (Lipinski definition) is 1. The average molecular weight is 280 g/mol. The third kappa shape index (κ3) is 3.85. The van der Waals surface area contributed by atoms with Crippen molar-refractivity contribution in [1.82, 2.24) is 5.32 Å². The number of benzene rings is 2. The van der Waals surface area contributed by atoms with Crippen LogP contribution < -0.4 is 10.2 Å². The summed E-state index contributed by atoms with van der Waals surface area (Å²) in [5, 5.41) is 3.70. The standard InChI is InChI=1S/C19H24N2/c1-16-8-10-19(11-9-16)21-13-5-12-20-18(15-21)14-17-6-3-2-4-7-17/h2-4,6-11,18,20H,5,12-15H2,1H3. The molecule has 2 nitrogen and oxygen atoms in total. The van der Waals surface area contributed by atoms with Gasteiger partial charge < -0.3 is 10.2 Å². The molecule has 0 saturated carbocycles. The third-order valence-corrected chi connectivity index (χ3v) is 4.20. The molecule has 21 heavy (non-hydrogen) atoms. The van der Waals surface area contributed by atoms with Crippen LogP contribution in [0.4, 0.5) is 5.69 Å². The summed E-state index contributed by atoms with van der Waals surface area (Å²) in [6.07, 6.45) is 2.31. The second-order valence-electron chi connectivity index (χ2n) is 5.98. The Morgan fingerprint density at radius 1 is 1.05 bits per heavy atom. The molecule has 0 aromatic heterocycles. The molecule has 3 rings (SSSR count). The molecule has 1 saturated heterocycles. The molecule has 2 heteroatoms. The topological polar surface area (TPSA) is 15.3 Å². The molecule has 2 aromatic rings. The molecule has 0 radical (unpaired) electrons. The van der Waals surface area contributed by atoms with Crippen LogP contribution in [0.3, 0.4) is 0 Å². The van der Waals surface area contributed by atoms with Crippen molar-refractivity contribution in [3.63, 3.8) is 0 Å². The van der Waals surface area contributed by atoms with Gasteiger partial charge in [0, 0.05) is 24.8 Å². The van der Waals surface area contributed by atoms with Crippen LogP contribution in [0, 0.1) is 6.92 Å². The maximum atomic E-state index is 3.70. The van der Waals surface area contributed by atoms with Crippen LogP contribution in [0.15, 0.2) is 54.6 Å². The fourth-order valence-electron chi connectivity index (χ4n) is 3.02. The maximum absolute atomic E-state index is 3.70. The van der Waals surface area contributed by atoms with Gasteiger partial charge in [-0.2, -0.15) is 0 Å². The summed E-state index contributed by atoms with van der Waals surface area (Å²) in [6, 6.07) is 20.2. The number of hydrogen-bond acceptors (Lipinski definition) is 2. The van der Waals surface area contributed by atoms with E-state index in [1.54, 1.807) is 0 Å². The second kappa shape index (κ2) is 6.77. The molecule has 1 fully saturated rings. The molecule has 0 bridgehead atoms. The summed E-state index contributed by atoms with van der Waals surface area (Å²) in [5.41, 5.74) is 4.09. The maximum Gasteiger partial charge on any atom is 0.0366 e. The highest BCUT2D eigenvalue weighted by atomic mass is 15.2. The minimum atomic E-state index is 0.524. The molecule has 110 valence electrons. The SMILES string of the molecule is Cc1ccc(N2CCCNC(Cc3ccccc3)C2)cc1. The van der Waals surface area contributed by atoms with Crippen LogP contribution >= 0.6 is 0 Å². The van der Waals surface area contributed by atoms with Gasteiger partial charge in [-0.25, -0.2) is 0 Å². The van der Waals surface area contributed by atoms with Crippen molar-refractivity contribution in [3.05, 3.63) is 65.7 Å². The Morgan fingerprint density at radius 2 is 1.81 bits per heavy atom. The Kier molecular flexibility index (Phi) is 4.56. The molecule has 1 unspecified atom stereocenters. The van der Waals surface area contributed by atoms with E-state index in [4.69, 9.17) is 0 Å². The van der Waals surface area contributed by atoms with Gasteiger partial charge in [-0.1, -0.05) is 48.0 Å². The van der Waals surface area contributed by atoms with Crippen LogP contribution in [-0.2, 0) is 6.42 Å². The molecule has 1 heterocycles. The summed E-state index contributed by atoms with van der Waals surface area (Å²) in [4.78, 5) is 2.52. The van der Waals surface area contributed by atoms with E-state index in [2.05, 4.69) is 71.7 Å². The highest BCUT2D eigenvalue weighted by molar-refractivity contribution is 5.48. The first-order chi connectivity index (χ1) is 10.3. The van der Waals surface area contributed by atoms with Crippen molar-refractivity contribution < 1.29 is 0 Å². The molecule has 0 aliphatic carbocycles. The smallest absolute Gasteiger partial charge is 0.0366 e. The zero-order chi connectivity index (χ0) is 14.5. The molecule has 1 atom stereocenters. The summed E-state index contributed by atoms with van der Waals surface area (Å²) >= 11 is 0. The molecule has 0 spiro atoms. The normalized spacial score (nSPS) is 19.3. The predicted octanol–water partition coefficient (Wildman–Crippen LogP) is 3.41. The number of nitrogens with zero attached hydrogens (tertiary/aromatic N) is 1. The monoisotopic (exact) mass is 280 g/mol. The first-order valence-corrected chi connectivity index (χ1v) is 7.90. The number of rotatable bonds is 3. The van der Waals surface area contributed by atoms with Crippen LogP contribution in [0.1, 0.15) is 17.5 Å². The van der Waals surface area contributed by atoms with E-state index in [-0.39, 0.29) is 0 Å². The van der Waals surface area contributed by atoms with Gasteiger partial charge in [0.1, 0.15) is 0 Å². The lowest BCUT2D eigenvalue weighted by molar-refractivity contribution is 0.540. The lowest BCUT2D eigenvalue weighted by Gasteiger charge is -2.26. The molecule has 1 N–H and O–H groups in total. The minimum absolute atomic E-state index is 0.524. The Bertz CT molecular complexity index is 548. The highest BCUT2D eigenvalue weighted by Gasteiger charge is 2.18. The van der Waals surface area contributed by atoms with E-state index < -0.39 is 0 Å². The molecular formula is C19H24N2. The third-order valence-electron chi connectivity index (χ3n) is 4.20. The quantitative estimate of drug-likeness (QED) is 0.927. The zero-order valence-corrected chi connectivity index (χ0v) is 12.8. The van der Waals surface area contributed by atoms with E-state index in [9.17, 15) is 0 Å². The number of aryl methyl sites for hydroxylation is 1. The number of nitrogens with one attached hydrogen (secondary N) is 1. The zero-order valence-electron chi connectivity index (χ0n) is 12.8. The van der Waals surface area contributed by atoms with Crippen molar-refractivity contribution in [3.8, 4) is 0 Å². The van der Waals surface area contributed by atoms with E-state index in [0.29, 0.717) is 6.04 Å². The first kappa shape index (κ1) is 14.2. The molecular weight excluding hydrogens is 256 g/mol. The lowest BCUT2D eigenvalue weighted by Crippen LogP contribution is -2.39. The Morgan fingerprint density at radius 3 is 2.57 bits per heavy atom. The second-order valence-corrected chi connectivity index (χ2v) is 5.98. The molecule has 2 aromatic carbocycles. The first-order valence-electron chi connectivity index (χ1n) is 7.90. The van der Waals surface area contributed by atoms with E-state index in [1.807, 2.05) is 0 Å². The molecule has 0 amide bonds. The molecule has 1 aliphatic heterocycles. The van der Waals surface area contributed by atoms with Gasteiger partial charge in [-0.3, -0.25) is 0 Å². The van der Waals surface area contributed by atoms with Crippen molar-refractivity contribution in [2.45, 2.75) is 25.8 Å².